The molecule has 0 aliphatic heterocycles. The number of aromatic nitrogens is 1. The van der Waals surface area contributed by atoms with Crippen LogP contribution < -0.4 is 15.2 Å². The zero-order valence-corrected chi connectivity index (χ0v) is 12.8. The van der Waals surface area contributed by atoms with Gasteiger partial charge in [0.2, 0.25) is 6.54 Å². The summed E-state index contributed by atoms with van der Waals surface area (Å²) in [7, 11) is 0. The van der Waals surface area contributed by atoms with Gasteiger partial charge < -0.3 is 5.32 Å². The second-order valence-electron chi connectivity index (χ2n) is 6.03. The van der Waals surface area contributed by atoms with Crippen LogP contribution in [0, 0.1) is 5.92 Å². The highest BCUT2D eigenvalue weighted by Crippen LogP contribution is 2.18. The van der Waals surface area contributed by atoms with Gasteiger partial charge in [-0.15, -0.1) is 0 Å². The van der Waals surface area contributed by atoms with Crippen molar-refractivity contribution in [3.8, 4) is 0 Å². The fourth-order valence-corrected chi connectivity index (χ4v) is 2.49. The lowest BCUT2D eigenvalue weighted by Crippen LogP contribution is -2.48. The van der Waals surface area contributed by atoms with Crippen LogP contribution in [0.25, 0.3) is 0 Å². The molecule has 1 aromatic heterocycles. The number of nitrogens with one attached hydrogen (secondary N) is 2. The molecule has 0 spiro atoms. The Morgan fingerprint density at radius 1 is 1.24 bits per heavy atom. The first-order valence-electron chi connectivity index (χ1n) is 7.63. The van der Waals surface area contributed by atoms with Gasteiger partial charge in [0, 0.05) is 18.2 Å². The lowest BCUT2D eigenvalue weighted by atomic mass is 9.93. The molecule has 1 aromatic rings. The molecule has 1 heterocycles. The van der Waals surface area contributed by atoms with Crippen molar-refractivity contribution < 1.29 is 14.2 Å². The number of amides is 3. The third kappa shape index (κ3) is 4.85. The number of hydrogen-bond donors (Lipinski definition) is 2. The van der Waals surface area contributed by atoms with Gasteiger partial charge in [-0.2, -0.15) is 4.57 Å². The van der Waals surface area contributed by atoms with E-state index in [0.717, 1.165) is 12.8 Å². The summed E-state index contributed by atoms with van der Waals surface area (Å²) in [6.45, 7) is 4.74. The predicted octanol–water partition coefficient (Wildman–Crippen LogP) is 1.33. The summed E-state index contributed by atoms with van der Waals surface area (Å²) in [6.07, 6.45) is 8.59. The molecule has 5 nitrogen and oxygen atoms in total. The topological polar surface area (TPSA) is 62.1 Å². The molecule has 1 aliphatic carbocycles. The Morgan fingerprint density at radius 2 is 1.95 bits per heavy atom. The van der Waals surface area contributed by atoms with E-state index in [9.17, 15) is 9.59 Å². The van der Waals surface area contributed by atoms with E-state index in [-0.39, 0.29) is 12.5 Å². The number of carbonyl (C=O) groups excluding carboxylic acids is 2. The van der Waals surface area contributed by atoms with Crippen molar-refractivity contribution in [2.24, 2.45) is 5.92 Å². The standard InChI is InChI=1S/C16H23N3O2/c1-12(2)9-17-16(21)18-15(20)11-19-8-7-13-5-3-4-6-14(13)10-19/h7-8,10,12H,3-6,9,11H2,1-2H3,(H-,17,18,20,21)/p+1. The number of pyridine rings is 1. The molecule has 1 aliphatic rings. The molecule has 0 atom stereocenters. The number of imide groups is 1. The Labute approximate surface area is 125 Å². The quantitative estimate of drug-likeness (QED) is 0.822. The smallest absolute Gasteiger partial charge is 0.321 e. The lowest BCUT2D eigenvalue weighted by molar-refractivity contribution is -0.684. The maximum absolute atomic E-state index is 11.8. The summed E-state index contributed by atoms with van der Waals surface area (Å²) < 4.78 is 1.84. The van der Waals surface area contributed by atoms with E-state index in [4.69, 9.17) is 0 Å². The summed E-state index contributed by atoms with van der Waals surface area (Å²) >= 11 is 0. The highest BCUT2D eigenvalue weighted by molar-refractivity contribution is 5.93. The molecule has 5 heteroatoms. The normalized spacial score (nSPS) is 13.7. The highest BCUT2D eigenvalue weighted by Gasteiger charge is 2.17. The predicted molar refractivity (Wildman–Crippen MR) is 79.7 cm³/mol. The van der Waals surface area contributed by atoms with Crippen molar-refractivity contribution in [3.63, 3.8) is 0 Å². The third-order valence-corrected chi connectivity index (χ3v) is 3.59. The van der Waals surface area contributed by atoms with Gasteiger partial charge in [-0.1, -0.05) is 13.8 Å². The summed E-state index contributed by atoms with van der Waals surface area (Å²) in [5.41, 5.74) is 2.70. The first kappa shape index (κ1) is 15.5. The van der Waals surface area contributed by atoms with E-state index in [0.29, 0.717) is 12.5 Å². The van der Waals surface area contributed by atoms with E-state index in [1.165, 1.54) is 24.0 Å². The monoisotopic (exact) mass is 290 g/mol. The molecule has 0 fully saturated rings. The molecule has 2 N–H and O–H groups in total. The molecular weight excluding hydrogens is 266 g/mol. The first-order valence-corrected chi connectivity index (χ1v) is 7.63. The Bertz CT molecular complexity index is 526. The van der Waals surface area contributed by atoms with Gasteiger partial charge in [0.1, 0.15) is 0 Å². The van der Waals surface area contributed by atoms with Gasteiger partial charge in [-0.05, 0) is 37.2 Å². The fourth-order valence-electron chi connectivity index (χ4n) is 2.49. The molecule has 0 radical (unpaired) electrons. The van der Waals surface area contributed by atoms with Gasteiger partial charge >= 0.3 is 6.03 Å². The minimum Gasteiger partial charge on any atom is -0.338 e. The minimum absolute atomic E-state index is 0.169. The summed E-state index contributed by atoms with van der Waals surface area (Å²) in [5, 5.41) is 5.02. The maximum atomic E-state index is 11.8. The Hall–Kier alpha value is -1.91. The first-order chi connectivity index (χ1) is 10.0. The fraction of sp³-hybridized carbons (Fsp3) is 0.562. The van der Waals surface area contributed by atoms with E-state index >= 15 is 0 Å². The lowest BCUT2D eigenvalue weighted by Gasteiger charge is -2.13. The number of rotatable bonds is 4. The Kier molecular flexibility index (Phi) is 5.31. The zero-order chi connectivity index (χ0) is 15.2. The number of hydrogen-bond acceptors (Lipinski definition) is 2. The van der Waals surface area contributed by atoms with Crippen molar-refractivity contribution in [2.75, 3.05) is 6.54 Å². The summed E-state index contributed by atoms with van der Waals surface area (Å²) in [6, 6.07) is 1.66. The third-order valence-electron chi connectivity index (χ3n) is 3.59. The van der Waals surface area contributed by atoms with E-state index in [2.05, 4.69) is 16.7 Å². The van der Waals surface area contributed by atoms with Crippen molar-refractivity contribution in [3.05, 3.63) is 29.6 Å². The Morgan fingerprint density at radius 3 is 2.67 bits per heavy atom. The van der Waals surface area contributed by atoms with Crippen molar-refractivity contribution in [1.29, 1.82) is 0 Å². The second-order valence-corrected chi connectivity index (χ2v) is 6.03. The van der Waals surface area contributed by atoms with Crippen LogP contribution in [0.15, 0.2) is 18.5 Å². The number of fused-ring (bicyclic) bond motifs is 1. The second kappa shape index (κ2) is 7.20. The number of carbonyl (C=O) groups is 2. The van der Waals surface area contributed by atoms with Crippen molar-refractivity contribution in [1.82, 2.24) is 10.6 Å². The van der Waals surface area contributed by atoms with E-state index in [1.54, 1.807) is 0 Å². The van der Waals surface area contributed by atoms with Crippen LogP contribution in [0.2, 0.25) is 0 Å². The SMILES string of the molecule is CC(C)CNC(=O)NC(=O)C[n+]1ccc2c(c1)CCCC2. The molecule has 3 amide bonds. The van der Waals surface area contributed by atoms with Gasteiger partial charge in [0.05, 0.1) is 0 Å². The maximum Gasteiger partial charge on any atom is 0.321 e. The number of urea groups is 1. The van der Waals surface area contributed by atoms with Gasteiger partial charge in [-0.25, -0.2) is 4.79 Å². The van der Waals surface area contributed by atoms with E-state index in [1.807, 2.05) is 30.8 Å². The zero-order valence-electron chi connectivity index (χ0n) is 12.8. The minimum atomic E-state index is -0.424. The average molecular weight is 290 g/mol. The molecular formula is C16H24N3O2+. The molecule has 0 aromatic carbocycles. The van der Waals surface area contributed by atoms with Gasteiger partial charge in [0.25, 0.3) is 5.91 Å². The van der Waals surface area contributed by atoms with Crippen LogP contribution in [-0.4, -0.2) is 18.5 Å². The molecule has 0 saturated heterocycles. The number of nitrogens with zero attached hydrogens (tertiary/aromatic N) is 1. The van der Waals surface area contributed by atoms with Crippen LogP contribution >= 0.6 is 0 Å². The molecule has 0 bridgehead atoms. The summed E-state index contributed by atoms with van der Waals surface area (Å²) in [4.78, 5) is 23.4. The van der Waals surface area contributed by atoms with E-state index < -0.39 is 6.03 Å². The summed E-state index contributed by atoms with van der Waals surface area (Å²) in [5.74, 6) is 0.0675. The Balaban J connectivity index is 1.86. The number of aryl methyl sites for hydroxylation is 2. The van der Waals surface area contributed by atoms with Crippen LogP contribution in [0.5, 0.6) is 0 Å². The van der Waals surface area contributed by atoms with Crippen LogP contribution in [0.3, 0.4) is 0 Å². The highest BCUT2D eigenvalue weighted by atomic mass is 16.2. The van der Waals surface area contributed by atoms with Crippen LogP contribution in [0.1, 0.15) is 37.8 Å². The molecule has 114 valence electrons. The average Bonchev–Trinajstić information content (AvgIpc) is 2.45. The molecule has 0 saturated carbocycles. The molecule has 2 rings (SSSR count). The van der Waals surface area contributed by atoms with Crippen molar-refractivity contribution in [2.45, 2.75) is 46.1 Å². The van der Waals surface area contributed by atoms with Crippen LogP contribution in [-0.2, 0) is 24.2 Å². The molecule has 0 unspecified atom stereocenters. The largest absolute Gasteiger partial charge is 0.338 e. The van der Waals surface area contributed by atoms with Crippen molar-refractivity contribution >= 4 is 11.9 Å². The molecule has 21 heavy (non-hydrogen) atoms. The van der Waals surface area contributed by atoms with Crippen LogP contribution in [0.4, 0.5) is 4.79 Å². The van der Waals surface area contributed by atoms with Gasteiger partial charge in [0.15, 0.2) is 12.4 Å². The van der Waals surface area contributed by atoms with Gasteiger partial charge in [-0.3, -0.25) is 10.1 Å².